The van der Waals surface area contributed by atoms with Crippen molar-refractivity contribution in [1.82, 2.24) is 25.3 Å². The number of carbonyl (C=O) groups is 1. The summed E-state index contributed by atoms with van der Waals surface area (Å²) in [5.41, 5.74) is 0.763. The second-order valence-corrected chi connectivity index (χ2v) is 6.24. The summed E-state index contributed by atoms with van der Waals surface area (Å²) in [5, 5.41) is 6.68. The maximum atomic E-state index is 12.2. The van der Waals surface area contributed by atoms with Crippen molar-refractivity contribution in [2.24, 2.45) is 0 Å². The zero-order valence-corrected chi connectivity index (χ0v) is 14.4. The number of rotatable bonds is 6. The Bertz CT molecular complexity index is 777. The molecule has 1 saturated heterocycles. The van der Waals surface area contributed by atoms with Gasteiger partial charge >= 0.3 is 0 Å². The van der Waals surface area contributed by atoms with Gasteiger partial charge in [0.1, 0.15) is 0 Å². The largest absolute Gasteiger partial charge is 0.343 e. The van der Waals surface area contributed by atoms with Crippen molar-refractivity contribution in [3.63, 3.8) is 0 Å². The van der Waals surface area contributed by atoms with Gasteiger partial charge in [0.05, 0.1) is 13.1 Å². The van der Waals surface area contributed by atoms with Gasteiger partial charge in [-0.05, 0) is 38.4 Å². The third kappa shape index (κ3) is 4.76. The third-order valence-corrected chi connectivity index (χ3v) is 4.27. The minimum absolute atomic E-state index is 0.139. The lowest BCUT2D eigenvalue weighted by Crippen LogP contribution is -2.29. The summed E-state index contributed by atoms with van der Waals surface area (Å²) < 4.78 is 5.19. The number of amides is 1. The Labute approximate surface area is 145 Å². The van der Waals surface area contributed by atoms with Crippen LogP contribution < -0.4 is 10.9 Å². The van der Waals surface area contributed by atoms with Crippen LogP contribution in [0.25, 0.3) is 0 Å². The Hall–Kier alpha value is -2.48. The number of aromatic amines is 1. The summed E-state index contributed by atoms with van der Waals surface area (Å²) in [7, 11) is 0. The first kappa shape index (κ1) is 17.3. The van der Waals surface area contributed by atoms with E-state index in [2.05, 4.69) is 25.3 Å². The number of hydrogen-bond donors (Lipinski definition) is 2. The normalized spacial score (nSPS) is 15.2. The van der Waals surface area contributed by atoms with Crippen LogP contribution >= 0.6 is 0 Å². The molecule has 2 aromatic rings. The molecule has 8 nitrogen and oxygen atoms in total. The van der Waals surface area contributed by atoms with E-state index in [0.717, 1.165) is 18.8 Å². The van der Waals surface area contributed by atoms with Crippen molar-refractivity contribution in [1.29, 1.82) is 0 Å². The molecule has 0 aliphatic carbocycles. The topological polar surface area (TPSA) is 104 Å². The van der Waals surface area contributed by atoms with Gasteiger partial charge in [-0.25, -0.2) is 0 Å². The maximum absolute atomic E-state index is 12.2. The minimum Gasteiger partial charge on any atom is -0.343 e. The molecule has 134 valence electrons. The van der Waals surface area contributed by atoms with Gasteiger partial charge < -0.3 is 14.8 Å². The molecule has 2 N–H and O–H groups in total. The van der Waals surface area contributed by atoms with Crippen LogP contribution in [0.4, 0.5) is 0 Å². The van der Waals surface area contributed by atoms with E-state index in [1.54, 1.807) is 6.07 Å². The number of pyridine rings is 1. The lowest BCUT2D eigenvalue weighted by molar-refractivity contribution is 0.0946. The molecule has 0 saturated carbocycles. The second kappa shape index (κ2) is 8.06. The molecule has 0 spiro atoms. The summed E-state index contributed by atoms with van der Waals surface area (Å²) in [6, 6.07) is 2.95. The quantitative estimate of drug-likeness (QED) is 0.816. The fraction of sp³-hybridized carbons (Fsp3) is 0.529. The molecular weight excluding hydrogens is 322 g/mol. The molecule has 2 aromatic heterocycles. The zero-order chi connectivity index (χ0) is 17.6. The van der Waals surface area contributed by atoms with E-state index in [0.29, 0.717) is 30.2 Å². The zero-order valence-electron chi connectivity index (χ0n) is 14.4. The molecule has 25 heavy (non-hydrogen) atoms. The molecule has 0 bridgehead atoms. The summed E-state index contributed by atoms with van der Waals surface area (Å²) >= 11 is 0. The summed E-state index contributed by atoms with van der Waals surface area (Å²) in [4.78, 5) is 33.1. The highest BCUT2D eigenvalue weighted by atomic mass is 16.5. The number of likely N-dealkylation sites (tertiary alicyclic amines) is 1. The summed E-state index contributed by atoms with van der Waals surface area (Å²) in [6.07, 6.45) is 4.34. The molecule has 0 aromatic carbocycles. The Morgan fingerprint density at radius 3 is 2.88 bits per heavy atom. The van der Waals surface area contributed by atoms with Crippen LogP contribution in [0.5, 0.6) is 0 Å². The standard InChI is InChI=1S/C17H23N5O3/c1-2-13-8-12(9-15(23)19-13)17(24)18-10-16-20-14(21-25-16)11-22-6-4-3-5-7-22/h8-9H,2-7,10-11H2,1H3,(H,18,24)(H,19,23). The van der Waals surface area contributed by atoms with E-state index < -0.39 is 0 Å². The van der Waals surface area contributed by atoms with Gasteiger partial charge in [-0.3, -0.25) is 14.5 Å². The van der Waals surface area contributed by atoms with Crippen molar-refractivity contribution >= 4 is 5.91 Å². The van der Waals surface area contributed by atoms with Gasteiger partial charge in [-0.2, -0.15) is 4.98 Å². The fourth-order valence-corrected chi connectivity index (χ4v) is 2.92. The van der Waals surface area contributed by atoms with E-state index in [-0.39, 0.29) is 18.0 Å². The number of nitrogens with one attached hydrogen (secondary N) is 2. The van der Waals surface area contributed by atoms with Crippen LogP contribution in [0, 0.1) is 0 Å². The minimum atomic E-state index is -0.336. The van der Waals surface area contributed by atoms with Gasteiger partial charge in [0.25, 0.3) is 5.91 Å². The van der Waals surface area contributed by atoms with Crippen LogP contribution in [0.2, 0.25) is 0 Å². The van der Waals surface area contributed by atoms with Gasteiger partial charge in [0, 0.05) is 17.3 Å². The number of H-pyrrole nitrogens is 1. The maximum Gasteiger partial charge on any atom is 0.251 e. The number of hydrogen-bond acceptors (Lipinski definition) is 6. The van der Waals surface area contributed by atoms with Gasteiger partial charge in [-0.15, -0.1) is 0 Å². The first-order valence-corrected chi connectivity index (χ1v) is 8.69. The average Bonchev–Trinajstić information content (AvgIpc) is 3.07. The van der Waals surface area contributed by atoms with E-state index in [4.69, 9.17) is 4.52 Å². The molecule has 3 heterocycles. The van der Waals surface area contributed by atoms with Crippen LogP contribution in [0.1, 0.15) is 54.0 Å². The predicted octanol–water partition coefficient (Wildman–Crippen LogP) is 1.24. The number of carbonyl (C=O) groups excluding carboxylic acids is 1. The van der Waals surface area contributed by atoms with Crippen LogP contribution in [-0.2, 0) is 19.5 Å². The number of aryl methyl sites for hydroxylation is 1. The van der Waals surface area contributed by atoms with Gasteiger partial charge in [0.15, 0.2) is 5.82 Å². The highest BCUT2D eigenvalue weighted by Gasteiger charge is 2.15. The SMILES string of the molecule is CCc1cc(C(=O)NCc2nc(CN3CCCCC3)no2)cc(=O)[nH]1. The second-order valence-electron chi connectivity index (χ2n) is 6.24. The molecule has 0 atom stereocenters. The van der Waals surface area contributed by atoms with E-state index in [1.165, 1.54) is 25.3 Å². The number of aromatic nitrogens is 3. The Morgan fingerprint density at radius 1 is 1.32 bits per heavy atom. The van der Waals surface area contributed by atoms with Crippen molar-refractivity contribution in [3.05, 3.63) is 45.5 Å². The van der Waals surface area contributed by atoms with E-state index in [9.17, 15) is 9.59 Å². The Balaban J connectivity index is 1.55. The predicted molar refractivity (Wildman–Crippen MR) is 91.0 cm³/mol. The monoisotopic (exact) mass is 345 g/mol. The molecular formula is C17H23N5O3. The molecule has 1 aliphatic heterocycles. The molecule has 1 fully saturated rings. The molecule has 0 radical (unpaired) electrons. The smallest absolute Gasteiger partial charge is 0.251 e. The first-order valence-electron chi connectivity index (χ1n) is 8.69. The van der Waals surface area contributed by atoms with E-state index in [1.807, 2.05) is 6.92 Å². The Morgan fingerprint density at radius 2 is 2.12 bits per heavy atom. The van der Waals surface area contributed by atoms with Crippen molar-refractivity contribution in [3.8, 4) is 0 Å². The Kier molecular flexibility index (Phi) is 5.60. The average molecular weight is 345 g/mol. The molecule has 8 heteroatoms. The highest BCUT2D eigenvalue weighted by Crippen LogP contribution is 2.11. The van der Waals surface area contributed by atoms with Crippen molar-refractivity contribution in [2.75, 3.05) is 13.1 Å². The van der Waals surface area contributed by atoms with Crippen molar-refractivity contribution in [2.45, 2.75) is 45.7 Å². The van der Waals surface area contributed by atoms with Crippen LogP contribution in [0.15, 0.2) is 21.5 Å². The molecule has 0 unspecified atom stereocenters. The fourth-order valence-electron chi connectivity index (χ4n) is 2.92. The first-order chi connectivity index (χ1) is 12.1. The van der Waals surface area contributed by atoms with Crippen LogP contribution in [0.3, 0.4) is 0 Å². The highest BCUT2D eigenvalue weighted by molar-refractivity contribution is 5.94. The van der Waals surface area contributed by atoms with Crippen LogP contribution in [-0.4, -0.2) is 39.0 Å². The lowest BCUT2D eigenvalue weighted by atomic mass is 10.1. The lowest BCUT2D eigenvalue weighted by Gasteiger charge is -2.24. The summed E-state index contributed by atoms with van der Waals surface area (Å²) in [5.74, 6) is 0.660. The van der Waals surface area contributed by atoms with Crippen molar-refractivity contribution < 1.29 is 9.32 Å². The van der Waals surface area contributed by atoms with Gasteiger partial charge in [-0.1, -0.05) is 18.5 Å². The van der Waals surface area contributed by atoms with E-state index >= 15 is 0 Å². The van der Waals surface area contributed by atoms with Gasteiger partial charge in [0.2, 0.25) is 11.4 Å². The molecule has 3 rings (SSSR count). The molecule has 1 amide bonds. The third-order valence-electron chi connectivity index (χ3n) is 4.27. The number of nitrogens with zero attached hydrogens (tertiary/aromatic N) is 3. The summed E-state index contributed by atoms with van der Waals surface area (Å²) in [6.45, 7) is 4.84. The molecule has 1 aliphatic rings. The number of piperidine rings is 1.